The maximum absolute atomic E-state index is 11.5. The molecule has 0 saturated heterocycles. The fourth-order valence-electron chi connectivity index (χ4n) is 1.84. The van der Waals surface area contributed by atoms with Gasteiger partial charge in [-0.15, -0.1) is 0 Å². The van der Waals surface area contributed by atoms with E-state index in [-0.39, 0.29) is 5.91 Å². The first-order valence-corrected chi connectivity index (χ1v) is 6.40. The molecule has 0 spiro atoms. The Bertz CT molecular complexity index is 386. The molecule has 0 aliphatic heterocycles. The average Bonchev–Trinajstić information content (AvgIpc) is 3.13. The number of carbonyl (C=O) groups excluding carboxylic acids is 1. The summed E-state index contributed by atoms with van der Waals surface area (Å²) in [4.78, 5) is 11.5. The number of benzene rings is 1. The minimum absolute atomic E-state index is 0.161. The number of hydrogen-bond acceptors (Lipinski definition) is 2. The molecule has 1 aromatic rings. The maximum Gasteiger partial charge on any atom is 0.221 e. The molecule has 1 aromatic carbocycles. The third-order valence-corrected chi connectivity index (χ3v) is 3.01. The van der Waals surface area contributed by atoms with Crippen LogP contribution >= 0.6 is 0 Å². The summed E-state index contributed by atoms with van der Waals surface area (Å²) in [6, 6.07) is 8.71. The van der Waals surface area contributed by atoms with Crippen LogP contribution in [0.15, 0.2) is 24.3 Å². The van der Waals surface area contributed by atoms with Gasteiger partial charge in [0.15, 0.2) is 0 Å². The third kappa shape index (κ3) is 3.77. The van der Waals surface area contributed by atoms with Crippen LogP contribution in [-0.2, 0) is 11.2 Å². The molecule has 92 valence electrons. The smallest absolute Gasteiger partial charge is 0.221 e. The Balaban J connectivity index is 1.74. The molecule has 1 aliphatic carbocycles. The van der Waals surface area contributed by atoms with Crippen LogP contribution in [0.3, 0.4) is 0 Å². The van der Waals surface area contributed by atoms with Gasteiger partial charge < -0.3 is 10.6 Å². The van der Waals surface area contributed by atoms with Crippen LogP contribution < -0.4 is 10.6 Å². The predicted octanol–water partition coefficient (Wildman–Crippen LogP) is 2.33. The Morgan fingerprint density at radius 3 is 2.82 bits per heavy atom. The molecule has 3 nitrogen and oxygen atoms in total. The molecule has 2 N–H and O–H groups in total. The van der Waals surface area contributed by atoms with Crippen molar-refractivity contribution in [2.45, 2.75) is 38.6 Å². The van der Waals surface area contributed by atoms with Crippen LogP contribution in [0.4, 0.5) is 5.69 Å². The summed E-state index contributed by atoms with van der Waals surface area (Å²) in [5.41, 5.74) is 2.45. The lowest BCUT2D eigenvalue weighted by Crippen LogP contribution is -2.27. The highest BCUT2D eigenvalue weighted by atomic mass is 16.1. The maximum atomic E-state index is 11.5. The lowest BCUT2D eigenvalue weighted by Gasteiger charge is -2.10. The summed E-state index contributed by atoms with van der Waals surface area (Å²) in [6.45, 7) is 2.84. The number of amides is 1. The first-order chi connectivity index (χ1) is 8.29. The minimum Gasteiger partial charge on any atom is -0.384 e. The lowest BCUT2D eigenvalue weighted by atomic mass is 10.1. The second-order valence-corrected chi connectivity index (χ2v) is 4.53. The molecule has 0 radical (unpaired) electrons. The number of para-hydroxylation sites is 1. The van der Waals surface area contributed by atoms with Crippen molar-refractivity contribution in [2.24, 2.45) is 0 Å². The van der Waals surface area contributed by atoms with E-state index in [4.69, 9.17) is 0 Å². The molecule has 0 heterocycles. The highest BCUT2D eigenvalue weighted by Gasteiger charge is 2.22. The van der Waals surface area contributed by atoms with E-state index in [1.165, 1.54) is 5.56 Å². The van der Waals surface area contributed by atoms with E-state index >= 15 is 0 Å². The van der Waals surface area contributed by atoms with Crippen LogP contribution in [0.5, 0.6) is 0 Å². The number of anilines is 1. The molecule has 17 heavy (non-hydrogen) atoms. The van der Waals surface area contributed by atoms with Gasteiger partial charge in [0.25, 0.3) is 0 Å². The van der Waals surface area contributed by atoms with Crippen LogP contribution in [0, 0.1) is 0 Å². The van der Waals surface area contributed by atoms with Gasteiger partial charge in [-0.1, -0.05) is 25.1 Å². The van der Waals surface area contributed by atoms with Gasteiger partial charge in [0.05, 0.1) is 0 Å². The van der Waals surface area contributed by atoms with Crippen molar-refractivity contribution >= 4 is 11.6 Å². The summed E-state index contributed by atoms with van der Waals surface area (Å²) in [6.07, 6.45) is 3.86. The van der Waals surface area contributed by atoms with Gasteiger partial charge in [-0.2, -0.15) is 0 Å². The third-order valence-electron chi connectivity index (χ3n) is 3.01. The predicted molar refractivity (Wildman–Crippen MR) is 70.1 cm³/mol. The van der Waals surface area contributed by atoms with Crippen molar-refractivity contribution in [3.05, 3.63) is 29.8 Å². The number of carbonyl (C=O) groups is 1. The molecule has 0 bridgehead atoms. The van der Waals surface area contributed by atoms with E-state index in [0.29, 0.717) is 19.0 Å². The highest BCUT2D eigenvalue weighted by molar-refractivity contribution is 5.77. The van der Waals surface area contributed by atoms with E-state index in [0.717, 1.165) is 24.9 Å². The first-order valence-electron chi connectivity index (χ1n) is 6.40. The number of hydrogen-bond donors (Lipinski definition) is 2. The van der Waals surface area contributed by atoms with E-state index in [1.807, 2.05) is 12.1 Å². The molecule has 0 aromatic heterocycles. The zero-order valence-electron chi connectivity index (χ0n) is 10.3. The van der Waals surface area contributed by atoms with Crippen molar-refractivity contribution < 1.29 is 4.79 Å². The molecule has 1 aliphatic rings. The van der Waals surface area contributed by atoms with Gasteiger partial charge in [-0.05, 0) is 30.9 Å². The molecule has 2 rings (SSSR count). The molecule has 1 saturated carbocycles. The van der Waals surface area contributed by atoms with Gasteiger partial charge in [-0.3, -0.25) is 4.79 Å². The van der Waals surface area contributed by atoms with Crippen molar-refractivity contribution in [3.63, 3.8) is 0 Å². The summed E-state index contributed by atoms with van der Waals surface area (Å²) in [7, 11) is 0. The molecule has 0 atom stereocenters. The average molecular weight is 232 g/mol. The Morgan fingerprint density at radius 2 is 2.12 bits per heavy atom. The lowest BCUT2D eigenvalue weighted by molar-refractivity contribution is -0.120. The summed E-state index contributed by atoms with van der Waals surface area (Å²) in [5.74, 6) is 0.161. The first kappa shape index (κ1) is 12.0. The molecule has 0 unspecified atom stereocenters. The molecular weight excluding hydrogens is 212 g/mol. The minimum atomic E-state index is 0.161. The Kier molecular flexibility index (Phi) is 4.02. The molecular formula is C14H20N2O. The normalized spacial score (nSPS) is 14.4. The monoisotopic (exact) mass is 232 g/mol. The molecule has 1 fully saturated rings. The second-order valence-electron chi connectivity index (χ2n) is 4.53. The van der Waals surface area contributed by atoms with Gasteiger partial charge in [-0.25, -0.2) is 0 Å². The Hall–Kier alpha value is -1.51. The van der Waals surface area contributed by atoms with E-state index in [1.54, 1.807) is 0 Å². The zero-order chi connectivity index (χ0) is 12.1. The highest BCUT2D eigenvalue weighted by Crippen LogP contribution is 2.18. The number of rotatable bonds is 6. The van der Waals surface area contributed by atoms with Crippen LogP contribution in [0.25, 0.3) is 0 Å². The summed E-state index contributed by atoms with van der Waals surface area (Å²) < 4.78 is 0. The largest absolute Gasteiger partial charge is 0.384 e. The fraction of sp³-hybridized carbons (Fsp3) is 0.500. The Labute approximate surface area is 103 Å². The van der Waals surface area contributed by atoms with Crippen molar-refractivity contribution in [3.8, 4) is 0 Å². The standard InChI is InChI=1S/C14H20N2O/c1-2-11-5-3-4-6-13(11)15-10-9-14(17)16-12-7-8-12/h3-6,12,15H,2,7-10H2,1H3,(H,16,17). The van der Waals surface area contributed by atoms with Crippen molar-refractivity contribution in [1.29, 1.82) is 0 Å². The molecule has 3 heteroatoms. The van der Waals surface area contributed by atoms with Gasteiger partial charge in [0, 0.05) is 24.7 Å². The summed E-state index contributed by atoms with van der Waals surface area (Å²) in [5, 5.41) is 6.32. The van der Waals surface area contributed by atoms with Gasteiger partial charge in [0.2, 0.25) is 5.91 Å². The van der Waals surface area contributed by atoms with Crippen LogP contribution in [0.2, 0.25) is 0 Å². The van der Waals surface area contributed by atoms with E-state index < -0.39 is 0 Å². The zero-order valence-corrected chi connectivity index (χ0v) is 10.3. The van der Waals surface area contributed by atoms with Crippen LogP contribution in [-0.4, -0.2) is 18.5 Å². The second kappa shape index (κ2) is 5.71. The van der Waals surface area contributed by atoms with E-state index in [2.05, 4.69) is 29.7 Å². The van der Waals surface area contributed by atoms with Gasteiger partial charge >= 0.3 is 0 Å². The number of nitrogens with one attached hydrogen (secondary N) is 2. The van der Waals surface area contributed by atoms with Crippen molar-refractivity contribution in [2.75, 3.05) is 11.9 Å². The number of aryl methyl sites for hydroxylation is 1. The fourth-order valence-corrected chi connectivity index (χ4v) is 1.84. The quantitative estimate of drug-likeness (QED) is 0.790. The molecule has 1 amide bonds. The Morgan fingerprint density at radius 1 is 1.35 bits per heavy atom. The topological polar surface area (TPSA) is 41.1 Å². The van der Waals surface area contributed by atoms with Crippen molar-refractivity contribution in [1.82, 2.24) is 5.32 Å². The van der Waals surface area contributed by atoms with Gasteiger partial charge in [0.1, 0.15) is 0 Å². The summed E-state index contributed by atoms with van der Waals surface area (Å²) >= 11 is 0. The van der Waals surface area contributed by atoms with E-state index in [9.17, 15) is 4.79 Å². The SMILES string of the molecule is CCc1ccccc1NCCC(=O)NC1CC1. The van der Waals surface area contributed by atoms with Crippen LogP contribution in [0.1, 0.15) is 31.7 Å².